The van der Waals surface area contributed by atoms with Gasteiger partial charge in [0.2, 0.25) is 0 Å². The summed E-state index contributed by atoms with van der Waals surface area (Å²) in [5, 5.41) is 13.8. The van der Waals surface area contributed by atoms with Crippen LogP contribution in [0, 0.1) is 0 Å². The minimum Gasteiger partial charge on any atom is -0.376 e. The second-order valence-corrected chi connectivity index (χ2v) is 5.77. The SMILES string of the molecule is CC(C)NCCCc1nnc(C2COCCO2)s1. The third-order valence-corrected chi connectivity index (χ3v) is 3.77. The highest BCUT2D eigenvalue weighted by Crippen LogP contribution is 2.24. The Kier molecular flexibility index (Phi) is 5.49. The van der Waals surface area contributed by atoms with Gasteiger partial charge >= 0.3 is 0 Å². The zero-order valence-corrected chi connectivity index (χ0v) is 11.8. The summed E-state index contributed by atoms with van der Waals surface area (Å²) in [4.78, 5) is 0. The number of aromatic nitrogens is 2. The Labute approximate surface area is 112 Å². The number of rotatable bonds is 6. The fourth-order valence-corrected chi connectivity index (χ4v) is 2.68. The zero-order chi connectivity index (χ0) is 12.8. The van der Waals surface area contributed by atoms with E-state index in [1.807, 2.05) is 0 Å². The van der Waals surface area contributed by atoms with Gasteiger partial charge in [-0.3, -0.25) is 0 Å². The van der Waals surface area contributed by atoms with Gasteiger partial charge in [-0.2, -0.15) is 0 Å². The van der Waals surface area contributed by atoms with Crippen LogP contribution in [0.25, 0.3) is 0 Å². The lowest BCUT2D eigenvalue weighted by Crippen LogP contribution is -2.23. The predicted octanol–water partition coefficient (Wildman–Crippen LogP) is 1.56. The number of aryl methyl sites for hydroxylation is 1. The van der Waals surface area contributed by atoms with Gasteiger partial charge < -0.3 is 14.8 Å². The van der Waals surface area contributed by atoms with E-state index in [4.69, 9.17) is 9.47 Å². The lowest BCUT2D eigenvalue weighted by molar-refractivity contribution is -0.0903. The summed E-state index contributed by atoms with van der Waals surface area (Å²) < 4.78 is 11.0. The van der Waals surface area contributed by atoms with E-state index in [-0.39, 0.29) is 6.10 Å². The molecule has 0 aromatic carbocycles. The minimum absolute atomic E-state index is 0.0150. The summed E-state index contributed by atoms with van der Waals surface area (Å²) in [6.45, 7) is 7.27. The number of nitrogens with zero attached hydrogens (tertiary/aromatic N) is 2. The minimum atomic E-state index is -0.0150. The van der Waals surface area contributed by atoms with Crippen LogP contribution in [-0.2, 0) is 15.9 Å². The molecule has 0 radical (unpaired) electrons. The summed E-state index contributed by atoms with van der Waals surface area (Å²) in [6, 6.07) is 0.544. The Bertz CT molecular complexity index is 351. The second kappa shape index (κ2) is 7.13. The van der Waals surface area contributed by atoms with Gasteiger partial charge in [0.25, 0.3) is 0 Å². The van der Waals surface area contributed by atoms with Gasteiger partial charge in [0, 0.05) is 12.5 Å². The first-order chi connectivity index (χ1) is 8.75. The van der Waals surface area contributed by atoms with Gasteiger partial charge in [-0.15, -0.1) is 10.2 Å². The van der Waals surface area contributed by atoms with E-state index in [1.165, 1.54) is 0 Å². The predicted molar refractivity (Wildman–Crippen MR) is 70.9 cm³/mol. The molecule has 0 saturated carbocycles. The normalized spacial score (nSPS) is 20.5. The van der Waals surface area contributed by atoms with Crippen LogP contribution in [0.15, 0.2) is 0 Å². The maximum Gasteiger partial charge on any atom is 0.148 e. The highest BCUT2D eigenvalue weighted by Gasteiger charge is 2.20. The molecule has 18 heavy (non-hydrogen) atoms. The van der Waals surface area contributed by atoms with Crippen molar-refractivity contribution in [2.75, 3.05) is 26.4 Å². The molecule has 5 nitrogen and oxygen atoms in total. The number of hydrogen-bond acceptors (Lipinski definition) is 6. The monoisotopic (exact) mass is 271 g/mol. The van der Waals surface area contributed by atoms with Gasteiger partial charge in [0.1, 0.15) is 16.1 Å². The van der Waals surface area contributed by atoms with E-state index in [9.17, 15) is 0 Å². The standard InChI is InChI=1S/C12H21N3O2S/c1-9(2)13-5-3-4-11-14-15-12(18-11)10-8-16-6-7-17-10/h9-10,13H,3-8H2,1-2H3. The third-order valence-electron chi connectivity index (χ3n) is 2.69. The molecule has 1 aromatic rings. The van der Waals surface area contributed by atoms with Crippen LogP contribution in [0.3, 0.4) is 0 Å². The van der Waals surface area contributed by atoms with E-state index in [0.29, 0.717) is 25.9 Å². The molecule has 1 aromatic heterocycles. The van der Waals surface area contributed by atoms with E-state index in [0.717, 1.165) is 29.4 Å². The largest absolute Gasteiger partial charge is 0.376 e. The molecule has 102 valence electrons. The smallest absolute Gasteiger partial charge is 0.148 e. The lowest BCUT2D eigenvalue weighted by Gasteiger charge is -2.20. The molecule has 1 fully saturated rings. The molecule has 0 aliphatic carbocycles. The number of nitrogens with one attached hydrogen (secondary N) is 1. The maximum atomic E-state index is 5.60. The Morgan fingerprint density at radius 1 is 1.39 bits per heavy atom. The van der Waals surface area contributed by atoms with Crippen LogP contribution in [0.2, 0.25) is 0 Å². The second-order valence-electron chi connectivity index (χ2n) is 4.68. The molecule has 6 heteroatoms. The maximum absolute atomic E-state index is 5.60. The fourth-order valence-electron chi connectivity index (χ4n) is 1.76. The van der Waals surface area contributed by atoms with Crippen molar-refractivity contribution in [3.8, 4) is 0 Å². The van der Waals surface area contributed by atoms with Crippen molar-refractivity contribution in [3.05, 3.63) is 10.0 Å². The van der Waals surface area contributed by atoms with Crippen molar-refractivity contribution in [2.24, 2.45) is 0 Å². The first kappa shape index (κ1) is 13.9. The topological polar surface area (TPSA) is 56.3 Å². The van der Waals surface area contributed by atoms with E-state index in [2.05, 4.69) is 29.4 Å². The highest BCUT2D eigenvalue weighted by atomic mass is 32.1. The molecule has 1 aliphatic heterocycles. The molecule has 0 amide bonds. The summed E-state index contributed by atoms with van der Waals surface area (Å²) in [7, 11) is 0. The molecule has 1 aliphatic rings. The van der Waals surface area contributed by atoms with Crippen LogP contribution in [-0.4, -0.2) is 42.6 Å². The molecule has 2 rings (SSSR count). The van der Waals surface area contributed by atoms with Crippen molar-refractivity contribution in [3.63, 3.8) is 0 Å². The lowest BCUT2D eigenvalue weighted by atomic mass is 10.3. The molecular formula is C12H21N3O2S. The Morgan fingerprint density at radius 2 is 2.28 bits per heavy atom. The van der Waals surface area contributed by atoms with Crippen molar-refractivity contribution >= 4 is 11.3 Å². The van der Waals surface area contributed by atoms with Crippen molar-refractivity contribution < 1.29 is 9.47 Å². The van der Waals surface area contributed by atoms with Gasteiger partial charge in [0.05, 0.1) is 19.8 Å². The number of hydrogen-bond donors (Lipinski definition) is 1. The van der Waals surface area contributed by atoms with Gasteiger partial charge in [-0.05, 0) is 13.0 Å². The molecule has 1 N–H and O–H groups in total. The summed E-state index contributed by atoms with van der Waals surface area (Å²) in [5.41, 5.74) is 0. The molecule has 0 bridgehead atoms. The zero-order valence-electron chi connectivity index (χ0n) is 11.0. The summed E-state index contributed by atoms with van der Waals surface area (Å²) in [5.74, 6) is 0. The number of ether oxygens (including phenoxy) is 2. The highest BCUT2D eigenvalue weighted by molar-refractivity contribution is 7.11. The molecule has 1 atom stereocenters. The van der Waals surface area contributed by atoms with Crippen LogP contribution in [0.5, 0.6) is 0 Å². The van der Waals surface area contributed by atoms with Crippen molar-refractivity contribution in [1.82, 2.24) is 15.5 Å². The molecule has 1 saturated heterocycles. The van der Waals surface area contributed by atoms with Gasteiger partial charge in [0.15, 0.2) is 0 Å². The summed E-state index contributed by atoms with van der Waals surface area (Å²) >= 11 is 1.64. The van der Waals surface area contributed by atoms with Crippen LogP contribution >= 0.6 is 11.3 Å². The van der Waals surface area contributed by atoms with Crippen LogP contribution < -0.4 is 5.32 Å². The van der Waals surface area contributed by atoms with Crippen LogP contribution in [0.1, 0.15) is 36.4 Å². The first-order valence-electron chi connectivity index (χ1n) is 6.50. The Hall–Kier alpha value is -0.560. The average Bonchev–Trinajstić information content (AvgIpc) is 2.84. The van der Waals surface area contributed by atoms with Crippen LogP contribution in [0.4, 0.5) is 0 Å². The molecular weight excluding hydrogens is 250 g/mol. The van der Waals surface area contributed by atoms with Crippen molar-refractivity contribution in [2.45, 2.75) is 38.8 Å². The van der Waals surface area contributed by atoms with E-state index in [1.54, 1.807) is 11.3 Å². The van der Waals surface area contributed by atoms with Gasteiger partial charge in [-0.25, -0.2) is 0 Å². The Morgan fingerprint density at radius 3 is 3.00 bits per heavy atom. The molecule has 1 unspecified atom stereocenters. The Balaban J connectivity index is 1.75. The quantitative estimate of drug-likeness (QED) is 0.796. The van der Waals surface area contributed by atoms with E-state index < -0.39 is 0 Å². The fraction of sp³-hybridized carbons (Fsp3) is 0.833. The van der Waals surface area contributed by atoms with E-state index >= 15 is 0 Å². The first-order valence-corrected chi connectivity index (χ1v) is 7.32. The van der Waals surface area contributed by atoms with Gasteiger partial charge in [-0.1, -0.05) is 25.2 Å². The molecule has 0 spiro atoms. The average molecular weight is 271 g/mol. The summed E-state index contributed by atoms with van der Waals surface area (Å²) in [6.07, 6.45) is 2.05. The van der Waals surface area contributed by atoms with Crippen molar-refractivity contribution in [1.29, 1.82) is 0 Å². The third kappa shape index (κ3) is 4.28. The molecule has 2 heterocycles.